The maximum Gasteiger partial charge on any atom is 0.253 e. The second-order valence-electron chi connectivity index (χ2n) is 6.85. The van der Waals surface area contributed by atoms with Gasteiger partial charge in [-0.3, -0.25) is 9.69 Å². The number of aromatic nitrogens is 1. The van der Waals surface area contributed by atoms with Crippen LogP contribution >= 0.6 is 0 Å². The topological polar surface area (TPSA) is 37.3 Å². The van der Waals surface area contributed by atoms with E-state index in [9.17, 15) is 4.79 Å². The van der Waals surface area contributed by atoms with Crippen molar-refractivity contribution in [1.29, 1.82) is 0 Å². The van der Waals surface area contributed by atoms with E-state index < -0.39 is 0 Å². The summed E-state index contributed by atoms with van der Waals surface area (Å²) in [6.07, 6.45) is 2.93. The van der Waals surface area contributed by atoms with E-state index in [0.717, 1.165) is 42.5 Å². The summed E-state index contributed by atoms with van der Waals surface area (Å²) in [6, 6.07) is 18.8. The number of amides is 1. The molecule has 0 bridgehead atoms. The molecule has 1 aliphatic heterocycles. The van der Waals surface area contributed by atoms with Crippen molar-refractivity contribution >= 4 is 16.8 Å². The molecule has 25 heavy (non-hydrogen) atoms. The van der Waals surface area contributed by atoms with Crippen LogP contribution in [0.15, 0.2) is 60.8 Å². The molecule has 4 heteroatoms. The van der Waals surface area contributed by atoms with Crippen LogP contribution in [-0.4, -0.2) is 34.5 Å². The second kappa shape index (κ2) is 6.73. The summed E-state index contributed by atoms with van der Waals surface area (Å²) in [6.45, 7) is 2.88. The van der Waals surface area contributed by atoms with Crippen molar-refractivity contribution in [3.05, 3.63) is 71.9 Å². The van der Waals surface area contributed by atoms with Crippen LogP contribution in [0.4, 0.5) is 0 Å². The molecule has 1 atom stereocenters. The minimum atomic E-state index is 0.0309. The molecular formula is C21H23N3O. The third kappa shape index (κ3) is 3.30. The summed E-state index contributed by atoms with van der Waals surface area (Å²) in [4.78, 5) is 15.2. The molecule has 1 amide bonds. The molecule has 0 unspecified atom stereocenters. The van der Waals surface area contributed by atoms with Gasteiger partial charge in [-0.1, -0.05) is 48.5 Å². The first-order valence-corrected chi connectivity index (χ1v) is 8.82. The molecule has 0 aliphatic carbocycles. The molecular weight excluding hydrogens is 310 g/mol. The van der Waals surface area contributed by atoms with Gasteiger partial charge in [0.2, 0.25) is 0 Å². The number of aryl methyl sites for hydroxylation is 1. The van der Waals surface area contributed by atoms with E-state index in [1.165, 1.54) is 5.56 Å². The number of para-hydroxylation sites is 1. The van der Waals surface area contributed by atoms with Gasteiger partial charge in [0.15, 0.2) is 0 Å². The molecule has 0 radical (unpaired) electrons. The Morgan fingerprint density at radius 1 is 1.12 bits per heavy atom. The number of hydrogen-bond acceptors (Lipinski definition) is 2. The Morgan fingerprint density at radius 2 is 1.88 bits per heavy atom. The molecule has 0 saturated carbocycles. The summed E-state index contributed by atoms with van der Waals surface area (Å²) < 4.78 is 2.01. The minimum absolute atomic E-state index is 0.0309. The number of nitrogens with zero attached hydrogens (tertiary/aromatic N) is 2. The van der Waals surface area contributed by atoms with Gasteiger partial charge in [0.05, 0.1) is 5.56 Å². The highest BCUT2D eigenvalue weighted by Crippen LogP contribution is 2.21. The highest BCUT2D eigenvalue weighted by atomic mass is 16.1. The van der Waals surface area contributed by atoms with Crippen molar-refractivity contribution in [2.45, 2.75) is 19.0 Å². The van der Waals surface area contributed by atoms with E-state index in [-0.39, 0.29) is 11.9 Å². The first kappa shape index (κ1) is 15.9. The van der Waals surface area contributed by atoms with Crippen molar-refractivity contribution in [2.75, 3.05) is 13.1 Å². The minimum Gasteiger partial charge on any atom is -0.350 e. The number of benzene rings is 2. The zero-order chi connectivity index (χ0) is 17.2. The summed E-state index contributed by atoms with van der Waals surface area (Å²) in [5, 5.41) is 4.24. The van der Waals surface area contributed by atoms with Crippen LogP contribution in [0.1, 0.15) is 22.3 Å². The molecule has 0 spiro atoms. The first-order valence-electron chi connectivity index (χ1n) is 8.82. The van der Waals surface area contributed by atoms with Gasteiger partial charge >= 0.3 is 0 Å². The highest BCUT2D eigenvalue weighted by Gasteiger charge is 2.25. The van der Waals surface area contributed by atoms with Gasteiger partial charge in [0.1, 0.15) is 0 Å². The standard InChI is InChI=1S/C21H23N3O/c1-23-15-19(18-9-5-6-10-20(18)23)21(25)22-17-11-12-24(14-17)13-16-7-3-2-4-8-16/h2-10,15,17H,11-14H2,1H3,(H,22,25)/t17-/m0/s1. The lowest BCUT2D eigenvalue weighted by atomic mass is 10.1. The number of fused-ring (bicyclic) bond motifs is 1. The number of rotatable bonds is 4. The zero-order valence-corrected chi connectivity index (χ0v) is 14.5. The van der Waals surface area contributed by atoms with Gasteiger partial charge in [0, 0.05) is 49.8 Å². The van der Waals surface area contributed by atoms with E-state index in [1.807, 2.05) is 48.1 Å². The average Bonchev–Trinajstić information content (AvgIpc) is 3.21. The summed E-state index contributed by atoms with van der Waals surface area (Å²) in [5.41, 5.74) is 3.17. The summed E-state index contributed by atoms with van der Waals surface area (Å²) in [5.74, 6) is 0.0309. The van der Waals surface area contributed by atoms with Gasteiger partial charge in [-0.15, -0.1) is 0 Å². The largest absolute Gasteiger partial charge is 0.350 e. The van der Waals surface area contributed by atoms with Crippen LogP contribution < -0.4 is 5.32 Å². The number of likely N-dealkylation sites (tertiary alicyclic amines) is 1. The fourth-order valence-corrected chi connectivity index (χ4v) is 3.72. The fraction of sp³-hybridized carbons (Fsp3) is 0.286. The average molecular weight is 333 g/mol. The molecule has 128 valence electrons. The Hall–Kier alpha value is -2.59. The third-order valence-electron chi connectivity index (χ3n) is 5.00. The fourth-order valence-electron chi connectivity index (χ4n) is 3.72. The maximum atomic E-state index is 12.7. The van der Waals surface area contributed by atoms with E-state index in [2.05, 4.69) is 34.5 Å². The van der Waals surface area contributed by atoms with Crippen LogP contribution in [0.25, 0.3) is 10.9 Å². The van der Waals surface area contributed by atoms with Gasteiger partial charge < -0.3 is 9.88 Å². The van der Waals surface area contributed by atoms with Crippen LogP contribution in [0.5, 0.6) is 0 Å². The number of hydrogen-bond donors (Lipinski definition) is 1. The van der Waals surface area contributed by atoms with Crippen molar-refractivity contribution in [2.24, 2.45) is 7.05 Å². The van der Waals surface area contributed by atoms with E-state index in [1.54, 1.807) is 0 Å². The second-order valence-corrected chi connectivity index (χ2v) is 6.85. The normalized spacial score (nSPS) is 17.9. The SMILES string of the molecule is Cn1cc(C(=O)N[C@H]2CCN(Cc3ccccc3)C2)c2ccccc21. The molecule has 1 aromatic heterocycles. The van der Waals surface area contributed by atoms with E-state index in [0.29, 0.717) is 0 Å². The van der Waals surface area contributed by atoms with Crippen LogP contribution in [0, 0.1) is 0 Å². The molecule has 1 fully saturated rings. The van der Waals surface area contributed by atoms with Crippen molar-refractivity contribution < 1.29 is 4.79 Å². The molecule has 3 aromatic rings. The first-order chi connectivity index (χ1) is 12.2. The van der Waals surface area contributed by atoms with Gasteiger partial charge in [0.25, 0.3) is 5.91 Å². The van der Waals surface area contributed by atoms with E-state index in [4.69, 9.17) is 0 Å². The van der Waals surface area contributed by atoms with Crippen molar-refractivity contribution in [3.63, 3.8) is 0 Å². The van der Waals surface area contributed by atoms with Crippen molar-refractivity contribution in [1.82, 2.24) is 14.8 Å². The monoisotopic (exact) mass is 333 g/mol. The lowest BCUT2D eigenvalue weighted by Gasteiger charge is -2.16. The quantitative estimate of drug-likeness (QED) is 0.796. The number of carbonyl (C=O) groups is 1. The Bertz CT molecular complexity index is 885. The zero-order valence-electron chi connectivity index (χ0n) is 14.5. The maximum absolute atomic E-state index is 12.7. The molecule has 1 aliphatic rings. The van der Waals surface area contributed by atoms with Gasteiger partial charge in [-0.2, -0.15) is 0 Å². The summed E-state index contributed by atoms with van der Waals surface area (Å²) >= 11 is 0. The molecule has 2 aromatic carbocycles. The Balaban J connectivity index is 1.41. The van der Waals surface area contributed by atoms with E-state index >= 15 is 0 Å². The lowest BCUT2D eigenvalue weighted by Crippen LogP contribution is -2.36. The number of nitrogens with one attached hydrogen (secondary N) is 1. The Labute approximate surface area is 148 Å². The van der Waals surface area contributed by atoms with Crippen LogP contribution in [-0.2, 0) is 13.6 Å². The van der Waals surface area contributed by atoms with Crippen LogP contribution in [0.2, 0.25) is 0 Å². The molecule has 4 rings (SSSR count). The highest BCUT2D eigenvalue weighted by molar-refractivity contribution is 6.07. The van der Waals surface area contributed by atoms with Gasteiger partial charge in [-0.25, -0.2) is 0 Å². The lowest BCUT2D eigenvalue weighted by molar-refractivity contribution is 0.0939. The molecule has 1 N–H and O–H groups in total. The third-order valence-corrected chi connectivity index (χ3v) is 5.00. The molecule has 2 heterocycles. The Morgan fingerprint density at radius 3 is 2.72 bits per heavy atom. The summed E-state index contributed by atoms with van der Waals surface area (Å²) in [7, 11) is 1.98. The molecule has 4 nitrogen and oxygen atoms in total. The Kier molecular flexibility index (Phi) is 4.28. The van der Waals surface area contributed by atoms with Crippen molar-refractivity contribution in [3.8, 4) is 0 Å². The molecule has 1 saturated heterocycles. The van der Waals surface area contributed by atoms with Gasteiger partial charge in [-0.05, 0) is 18.1 Å². The predicted molar refractivity (Wildman–Crippen MR) is 101 cm³/mol. The predicted octanol–water partition coefficient (Wildman–Crippen LogP) is 3.18. The van der Waals surface area contributed by atoms with Crippen LogP contribution in [0.3, 0.4) is 0 Å². The number of carbonyl (C=O) groups excluding carboxylic acids is 1. The smallest absolute Gasteiger partial charge is 0.253 e.